The van der Waals surface area contributed by atoms with Crippen molar-refractivity contribution in [3.8, 4) is 5.75 Å². The molecule has 0 amide bonds. The monoisotopic (exact) mass is 262 g/mol. The minimum Gasteiger partial charge on any atom is -0.488 e. The molecule has 18 heavy (non-hydrogen) atoms. The fourth-order valence-corrected chi connectivity index (χ4v) is 2.53. The number of imidazole rings is 1. The summed E-state index contributed by atoms with van der Waals surface area (Å²) in [4.78, 5) is 4.31. The Morgan fingerprint density at radius 1 is 1.44 bits per heavy atom. The van der Waals surface area contributed by atoms with Crippen LogP contribution in [0.1, 0.15) is 17.0 Å². The van der Waals surface area contributed by atoms with E-state index < -0.39 is 0 Å². The number of halogens is 1. The summed E-state index contributed by atoms with van der Waals surface area (Å²) in [6.07, 6.45) is 2.96. The van der Waals surface area contributed by atoms with Crippen LogP contribution >= 0.6 is 11.6 Å². The Labute approximate surface area is 111 Å². The van der Waals surface area contributed by atoms with Gasteiger partial charge in [0.25, 0.3) is 0 Å². The Kier molecular flexibility index (Phi) is 2.78. The number of hydrogen-bond acceptors (Lipinski definition) is 2. The number of nitrogens with zero attached hydrogens (tertiary/aromatic N) is 2. The Balaban J connectivity index is 1.76. The van der Waals surface area contributed by atoms with Gasteiger partial charge in [0.2, 0.25) is 0 Å². The third-order valence-electron chi connectivity index (χ3n) is 3.51. The maximum atomic E-state index is 5.99. The van der Waals surface area contributed by atoms with Gasteiger partial charge in [-0.15, -0.1) is 0 Å². The summed E-state index contributed by atoms with van der Waals surface area (Å²) in [5.41, 5.74) is 3.48. The first-order valence-corrected chi connectivity index (χ1v) is 6.44. The van der Waals surface area contributed by atoms with Gasteiger partial charge in [0.05, 0.1) is 18.6 Å². The SMILES string of the molecule is Cc1ncn(CC2Cc3cc(Cl)ccc3O2)c1C. The van der Waals surface area contributed by atoms with Crippen LogP contribution in [0.15, 0.2) is 24.5 Å². The van der Waals surface area contributed by atoms with Crippen LogP contribution in [0.4, 0.5) is 0 Å². The molecule has 0 aliphatic carbocycles. The van der Waals surface area contributed by atoms with Crippen LogP contribution in [0, 0.1) is 13.8 Å². The van der Waals surface area contributed by atoms with Crippen LogP contribution in [-0.2, 0) is 13.0 Å². The first-order chi connectivity index (χ1) is 8.63. The third kappa shape index (κ3) is 1.99. The molecular formula is C14H15ClN2O. The van der Waals surface area contributed by atoms with Gasteiger partial charge in [0, 0.05) is 17.1 Å². The molecule has 0 N–H and O–H groups in total. The number of fused-ring (bicyclic) bond motifs is 1. The van der Waals surface area contributed by atoms with E-state index in [4.69, 9.17) is 16.3 Å². The van der Waals surface area contributed by atoms with E-state index in [1.165, 1.54) is 11.3 Å². The first-order valence-electron chi connectivity index (χ1n) is 6.07. The van der Waals surface area contributed by atoms with Crippen LogP contribution < -0.4 is 4.74 Å². The van der Waals surface area contributed by atoms with Gasteiger partial charge in [-0.3, -0.25) is 0 Å². The molecule has 1 atom stereocenters. The summed E-state index contributed by atoms with van der Waals surface area (Å²) < 4.78 is 8.07. The van der Waals surface area contributed by atoms with Gasteiger partial charge in [-0.25, -0.2) is 4.98 Å². The van der Waals surface area contributed by atoms with Crippen molar-refractivity contribution >= 4 is 11.6 Å². The molecule has 2 heterocycles. The molecule has 0 bridgehead atoms. The highest BCUT2D eigenvalue weighted by Gasteiger charge is 2.23. The molecule has 3 rings (SSSR count). The van der Waals surface area contributed by atoms with Crippen LogP contribution in [-0.4, -0.2) is 15.7 Å². The summed E-state index contributed by atoms with van der Waals surface area (Å²) in [6.45, 7) is 4.94. The number of ether oxygens (including phenoxy) is 1. The lowest BCUT2D eigenvalue weighted by Crippen LogP contribution is -2.21. The molecule has 1 unspecified atom stereocenters. The van der Waals surface area contributed by atoms with Gasteiger partial charge in [0.1, 0.15) is 11.9 Å². The minimum atomic E-state index is 0.172. The molecule has 2 aromatic rings. The van der Waals surface area contributed by atoms with E-state index in [2.05, 4.69) is 16.5 Å². The Morgan fingerprint density at radius 3 is 3.00 bits per heavy atom. The number of benzene rings is 1. The summed E-state index contributed by atoms with van der Waals surface area (Å²) in [5, 5.41) is 0.771. The zero-order chi connectivity index (χ0) is 12.7. The second-order valence-electron chi connectivity index (χ2n) is 4.76. The average molecular weight is 263 g/mol. The van der Waals surface area contributed by atoms with Gasteiger partial charge in [-0.2, -0.15) is 0 Å². The zero-order valence-corrected chi connectivity index (χ0v) is 11.2. The Hall–Kier alpha value is -1.48. The fraction of sp³-hybridized carbons (Fsp3) is 0.357. The molecule has 1 aromatic heterocycles. The van der Waals surface area contributed by atoms with E-state index in [0.29, 0.717) is 0 Å². The predicted molar refractivity (Wildman–Crippen MR) is 71.3 cm³/mol. The van der Waals surface area contributed by atoms with Crippen molar-refractivity contribution in [3.63, 3.8) is 0 Å². The molecule has 0 saturated heterocycles. The van der Waals surface area contributed by atoms with Gasteiger partial charge >= 0.3 is 0 Å². The molecule has 1 aromatic carbocycles. The second-order valence-corrected chi connectivity index (χ2v) is 5.20. The lowest BCUT2D eigenvalue weighted by molar-refractivity contribution is 0.208. The molecule has 4 heteroatoms. The minimum absolute atomic E-state index is 0.172. The smallest absolute Gasteiger partial charge is 0.123 e. The van der Waals surface area contributed by atoms with Crippen molar-refractivity contribution in [1.29, 1.82) is 0 Å². The van der Waals surface area contributed by atoms with Crippen LogP contribution in [0.25, 0.3) is 0 Å². The number of hydrogen-bond donors (Lipinski definition) is 0. The summed E-state index contributed by atoms with van der Waals surface area (Å²) in [7, 11) is 0. The van der Waals surface area contributed by atoms with Crippen molar-refractivity contribution in [2.45, 2.75) is 32.9 Å². The quantitative estimate of drug-likeness (QED) is 0.831. The molecule has 0 fully saturated rings. The highest BCUT2D eigenvalue weighted by Crippen LogP contribution is 2.31. The molecule has 3 nitrogen and oxygen atoms in total. The van der Waals surface area contributed by atoms with E-state index in [0.717, 1.165) is 29.4 Å². The number of aryl methyl sites for hydroxylation is 1. The standard InChI is InChI=1S/C14H15ClN2O/c1-9-10(2)17(8-16-9)7-13-6-11-5-12(15)3-4-14(11)18-13/h3-5,8,13H,6-7H2,1-2H3. The average Bonchev–Trinajstić information content (AvgIpc) is 2.86. The van der Waals surface area contributed by atoms with Gasteiger partial charge in [-0.1, -0.05) is 11.6 Å². The second kappa shape index (κ2) is 4.32. The number of aromatic nitrogens is 2. The van der Waals surface area contributed by atoms with Crippen molar-refractivity contribution < 1.29 is 4.74 Å². The van der Waals surface area contributed by atoms with E-state index >= 15 is 0 Å². The van der Waals surface area contributed by atoms with E-state index in [-0.39, 0.29) is 6.10 Å². The third-order valence-corrected chi connectivity index (χ3v) is 3.74. The Morgan fingerprint density at radius 2 is 2.28 bits per heavy atom. The Bertz CT molecular complexity index is 591. The van der Waals surface area contributed by atoms with Crippen LogP contribution in [0.2, 0.25) is 5.02 Å². The van der Waals surface area contributed by atoms with Gasteiger partial charge in [-0.05, 0) is 37.6 Å². The molecule has 0 saturated carbocycles. The van der Waals surface area contributed by atoms with Crippen molar-refractivity contribution in [2.75, 3.05) is 0 Å². The molecule has 1 aliphatic rings. The normalized spacial score (nSPS) is 17.6. The number of rotatable bonds is 2. The van der Waals surface area contributed by atoms with Gasteiger partial charge < -0.3 is 9.30 Å². The molecular weight excluding hydrogens is 248 g/mol. The highest BCUT2D eigenvalue weighted by atomic mass is 35.5. The predicted octanol–water partition coefficient (Wildman–Crippen LogP) is 3.16. The van der Waals surface area contributed by atoms with Gasteiger partial charge in [0.15, 0.2) is 0 Å². The van der Waals surface area contributed by atoms with Crippen molar-refractivity contribution in [2.24, 2.45) is 0 Å². The molecule has 0 spiro atoms. The van der Waals surface area contributed by atoms with Crippen LogP contribution in [0.5, 0.6) is 5.75 Å². The lowest BCUT2D eigenvalue weighted by atomic mass is 10.1. The summed E-state index contributed by atoms with van der Waals surface area (Å²) in [6, 6.07) is 5.81. The van der Waals surface area contributed by atoms with Crippen LogP contribution in [0.3, 0.4) is 0 Å². The first kappa shape index (κ1) is 11.6. The maximum Gasteiger partial charge on any atom is 0.123 e. The lowest BCUT2D eigenvalue weighted by Gasteiger charge is -2.12. The maximum absolute atomic E-state index is 5.99. The van der Waals surface area contributed by atoms with E-state index in [1.54, 1.807) is 0 Å². The summed E-state index contributed by atoms with van der Waals surface area (Å²) in [5.74, 6) is 0.957. The summed E-state index contributed by atoms with van der Waals surface area (Å²) >= 11 is 5.99. The van der Waals surface area contributed by atoms with E-state index in [1.807, 2.05) is 31.5 Å². The molecule has 94 valence electrons. The van der Waals surface area contributed by atoms with E-state index in [9.17, 15) is 0 Å². The zero-order valence-electron chi connectivity index (χ0n) is 10.5. The fourth-order valence-electron chi connectivity index (χ4n) is 2.34. The van der Waals surface area contributed by atoms with Crippen molar-refractivity contribution in [3.05, 3.63) is 46.5 Å². The highest BCUT2D eigenvalue weighted by molar-refractivity contribution is 6.30. The largest absolute Gasteiger partial charge is 0.488 e. The molecule has 1 aliphatic heterocycles. The van der Waals surface area contributed by atoms with Crippen molar-refractivity contribution in [1.82, 2.24) is 9.55 Å². The topological polar surface area (TPSA) is 27.1 Å². The molecule has 0 radical (unpaired) electrons.